The molecule has 1 aromatic carbocycles. The van der Waals surface area contributed by atoms with Crippen molar-refractivity contribution >= 4 is 5.91 Å². The molecule has 2 saturated heterocycles. The fourth-order valence-corrected chi connectivity index (χ4v) is 3.22. The Morgan fingerprint density at radius 3 is 2.09 bits per heavy atom. The van der Waals surface area contributed by atoms with Crippen LogP contribution in [-0.2, 0) is 9.47 Å². The number of carbonyl (C=O) groups excluding carboxylic acids is 1. The van der Waals surface area contributed by atoms with E-state index in [9.17, 15) is 4.79 Å². The molecule has 5 heteroatoms. The molecule has 2 aliphatic rings. The maximum Gasteiger partial charge on any atom is 0.254 e. The van der Waals surface area contributed by atoms with Gasteiger partial charge in [-0.2, -0.15) is 0 Å². The summed E-state index contributed by atoms with van der Waals surface area (Å²) in [6, 6.07) is 7.28. The van der Waals surface area contributed by atoms with Crippen LogP contribution in [0.15, 0.2) is 24.3 Å². The number of hydrogen-bond acceptors (Lipinski definition) is 4. The van der Waals surface area contributed by atoms with Crippen LogP contribution in [0.1, 0.15) is 36.0 Å². The molecule has 2 heterocycles. The SMILES string of the molecule is COc1ccc(C(=O)N(CC2CCCO2)CC2CCCO2)cc1. The van der Waals surface area contributed by atoms with E-state index in [4.69, 9.17) is 14.2 Å². The third-order valence-electron chi connectivity index (χ3n) is 4.52. The molecule has 126 valence electrons. The quantitative estimate of drug-likeness (QED) is 0.808. The molecular formula is C18H25NO4. The van der Waals surface area contributed by atoms with Crippen LogP contribution < -0.4 is 4.74 Å². The molecule has 3 rings (SSSR count). The highest BCUT2D eigenvalue weighted by molar-refractivity contribution is 5.94. The molecule has 0 aromatic heterocycles. The van der Waals surface area contributed by atoms with E-state index < -0.39 is 0 Å². The van der Waals surface area contributed by atoms with Crippen LogP contribution in [-0.4, -0.2) is 56.4 Å². The molecule has 0 radical (unpaired) electrons. The van der Waals surface area contributed by atoms with Crippen molar-refractivity contribution in [3.8, 4) is 5.75 Å². The van der Waals surface area contributed by atoms with Crippen LogP contribution >= 0.6 is 0 Å². The van der Waals surface area contributed by atoms with Gasteiger partial charge in [0.1, 0.15) is 5.75 Å². The number of rotatable bonds is 6. The van der Waals surface area contributed by atoms with E-state index in [1.165, 1.54) is 0 Å². The highest BCUT2D eigenvalue weighted by Gasteiger charge is 2.27. The van der Waals surface area contributed by atoms with Crippen molar-refractivity contribution in [3.05, 3.63) is 29.8 Å². The lowest BCUT2D eigenvalue weighted by Crippen LogP contribution is -2.41. The molecule has 2 atom stereocenters. The number of methoxy groups -OCH3 is 1. The zero-order valence-electron chi connectivity index (χ0n) is 13.7. The number of carbonyl (C=O) groups is 1. The maximum atomic E-state index is 12.9. The Hall–Kier alpha value is -1.59. The summed E-state index contributed by atoms with van der Waals surface area (Å²) in [6.07, 6.45) is 4.51. The van der Waals surface area contributed by atoms with Gasteiger partial charge in [0.15, 0.2) is 0 Å². The lowest BCUT2D eigenvalue weighted by molar-refractivity contribution is 0.0307. The van der Waals surface area contributed by atoms with E-state index in [1.54, 1.807) is 7.11 Å². The molecule has 1 amide bonds. The van der Waals surface area contributed by atoms with E-state index in [0.717, 1.165) is 44.6 Å². The fraction of sp³-hybridized carbons (Fsp3) is 0.611. The number of nitrogens with zero attached hydrogens (tertiary/aromatic N) is 1. The Bertz CT molecular complexity index is 486. The summed E-state index contributed by atoms with van der Waals surface area (Å²) in [4.78, 5) is 14.8. The van der Waals surface area contributed by atoms with Gasteiger partial charge in [-0.15, -0.1) is 0 Å². The van der Waals surface area contributed by atoms with Gasteiger partial charge in [0.2, 0.25) is 0 Å². The first-order chi connectivity index (χ1) is 11.3. The van der Waals surface area contributed by atoms with Crippen molar-refractivity contribution in [1.82, 2.24) is 4.90 Å². The molecule has 1 aromatic rings. The van der Waals surface area contributed by atoms with Crippen LogP contribution in [0, 0.1) is 0 Å². The summed E-state index contributed by atoms with van der Waals surface area (Å²) in [5, 5.41) is 0. The smallest absolute Gasteiger partial charge is 0.254 e. The van der Waals surface area contributed by atoms with E-state index in [1.807, 2.05) is 29.2 Å². The molecule has 2 fully saturated rings. The second-order valence-corrected chi connectivity index (χ2v) is 6.21. The first-order valence-corrected chi connectivity index (χ1v) is 8.43. The summed E-state index contributed by atoms with van der Waals surface area (Å²) in [7, 11) is 1.62. The van der Waals surface area contributed by atoms with Gasteiger partial charge in [0, 0.05) is 31.9 Å². The molecular weight excluding hydrogens is 294 g/mol. The highest BCUT2D eigenvalue weighted by Crippen LogP contribution is 2.20. The second kappa shape index (κ2) is 7.79. The van der Waals surface area contributed by atoms with Gasteiger partial charge in [0.05, 0.1) is 19.3 Å². The first kappa shape index (κ1) is 16.3. The Morgan fingerprint density at radius 1 is 1.09 bits per heavy atom. The van der Waals surface area contributed by atoms with Gasteiger partial charge in [-0.05, 0) is 49.9 Å². The van der Waals surface area contributed by atoms with Crippen molar-refractivity contribution in [2.45, 2.75) is 37.9 Å². The Kier molecular flexibility index (Phi) is 5.51. The Labute approximate surface area is 137 Å². The average Bonchev–Trinajstić information content (AvgIpc) is 3.27. The molecule has 23 heavy (non-hydrogen) atoms. The summed E-state index contributed by atoms with van der Waals surface area (Å²) in [5.41, 5.74) is 0.682. The summed E-state index contributed by atoms with van der Waals surface area (Å²) in [5.74, 6) is 0.796. The summed E-state index contributed by atoms with van der Waals surface area (Å²) < 4.78 is 16.6. The topological polar surface area (TPSA) is 48.0 Å². The fourth-order valence-electron chi connectivity index (χ4n) is 3.22. The van der Waals surface area contributed by atoms with Crippen molar-refractivity contribution in [2.24, 2.45) is 0 Å². The lowest BCUT2D eigenvalue weighted by Gasteiger charge is -2.28. The number of hydrogen-bond donors (Lipinski definition) is 0. The van der Waals surface area contributed by atoms with Crippen LogP contribution in [0.25, 0.3) is 0 Å². The zero-order valence-corrected chi connectivity index (χ0v) is 13.7. The van der Waals surface area contributed by atoms with Crippen LogP contribution in [0.2, 0.25) is 0 Å². The van der Waals surface area contributed by atoms with Crippen LogP contribution in [0.3, 0.4) is 0 Å². The van der Waals surface area contributed by atoms with Crippen molar-refractivity contribution in [1.29, 1.82) is 0 Å². The molecule has 0 aliphatic carbocycles. The minimum atomic E-state index is 0.0404. The van der Waals surface area contributed by atoms with Crippen molar-refractivity contribution in [3.63, 3.8) is 0 Å². The van der Waals surface area contributed by atoms with Crippen LogP contribution in [0.5, 0.6) is 5.75 Å². The zero-order chi connectivity index (χ0) is 16.1. The van der Waals surface area contributed by atoms with E-state index in [2.05, 4.69) is 0 Å². The Morgan fingerprint density at radius 2 is 1.65 bits per heavy atom. The van der Waals surface area contributed by atoms with Crippen molar-refractivity contribution < 1.29 is 19.0 Å². The van der Waals surface area contributed by atoms with E-state index in [0.29, 0.717) is 18.7 Å². The molecule has 5 nitrogen and oxygen atoms in total. The predicted molar refractivity (Wildman–Crippen MR) is 86.8 cm³/mol. The number of ether oxygens (including phenoxy) is 3. The third kappa shape index (κ3) is 4.24. The predicted octanol–water partition coefficient (Wildman–Crippen LogP) is 2.50. The van der Waals surface area contributed by atoms with Gasteiger partial charge >= 0.3 is 0 Å². The third-order valence-corrected chi connectivity index (χ3v) is 4.52. The van der Waals surface area contributed by atoms with Crippen LogP contribution in [0.4, 0.5) is 0 Å². The maximum absolute atomic E-state index is 12.9. The second-order valence-electron chi connectivity index (χ2n) is 6.21. The number of amides is 1. The molecule has 0 bridgehead atoms. The summed E-state index contributed by atoms with van der Waals surface area (Å²) >= 11 is 0. The van der Waals surface area contributed by atoms with Gasteiger partial charge < -0.3 is 19.1 Å². The van der Waals surface area contributed by atoms with Gasteiger partial charge in [0.25, 0.3) is 5.91 Å². The van der Waals surface area contributed by atoms with Crippen molar-refractivity contribution in [2.75, 3.05) is 33.4 Å². The molecule has 0 saturated carbocycles. The Balaban J connectivity index is 1.69. The minimum Gasteiger partial charge on any atom is -0.497 e. The molecule has 0 N–H and O–H groups in total. The van der Waals surface area contributed by atoms with Gasteiger partial charge in [-0.1, -0.05) is 0 Å². The standard InChI is InChI=1S/C18H25NO4/c1-21-15-8-6-14(7-9-15)18(20)19(12-16-4-2-10-22-16)13-17-5-3-11-23-17/h6-9,16-17H,2-5,10-13H2,1H3. The lowest BCUT2D eigenvalue weighted by atomic mass is 10.1. The summed E-state index contributed by atoms with van der Waals surface area (Å²) in [6.45, 7) is 2.89. The molecule has 2 unspecified atom stereocenters. The van der Waals surface area contributed by atoms with Gasteiger partial charge in [-0.25, -0.2) is 0 Å². The van der Waals surface area contributed by atoms with E-state index >= 15 is 0 Å². The highest BCUT2D eigenvalue weighted by atomic mass is 16.5. The first-order valence-electron chi connectivity index (χ1n) is 8.43. The van der Waals surface area contributed by atoms with E-state index in [-0.39, 0.29) is 18.1 Å². The normalized spacial score (nSPS) is 23.9. The largest absolute Gasteiger partial charge is 0.497 e. The minimum absolute atomic E-state index is 0.0404. The van der Waals surface area contributed by atoms with Gasteiger partial charge in [-0.3, -0.25) is 4.79 Å². The monoisotopic (exact) mass is 319 g/mol. The number of benzene rings is 1. The average molecular weight is 319 g/mol. The molecule has 2 aliphatic heterocycles. The molecule has 0 spiro atoms.